The Labute approximate surface area is 93.3 Å². The van der Waals surface area contributed by atoms with Crippen LogP contribution >= 0.6 is 0 Å². The normalized spacial score (nSPS) is 37.5. The monoisotopic (exact) mass is 226 g/mol. The van der Waals surface area contributed by atoms with Gasteiger partial charge in [0.05, 0.1) is 13.7 Å². The molecule has 3 unspecified atom stereocenters. The van der Waals surface area contributed by atoms with Crippen LogP contribution in [0.5, 0.6) is 0 Å². The molecule has 1 heterocycles. The van der Waals surface area contributed by atoms with Crippen LogP contribution in [0.25, 0.3) is 0 Å². The molecular formula is C11H14O5. The molecule has 2 aliphatic rings. The molecule has 1 aliphatic carbocycles. The summed E-state index contributed by atoms with van der Waals surface area (Å²) in [6.45, 7) is 1.82. The van der Waals surface area contributed by atoms with E-state index in [4.69, 9.17) is 19.3 Å². The van der Waals surface area contributed by atoms with Crippen LogP contribution in [0, 0.1) is 0 Å². The number of ether oxygens (including phenoxy) is 3. The summed E-state index contributed by atoms with van der Waals surface area (Å²) in [6, 6.07) is 0. The molecule has 1 fully saturated rings. The predicted molar refractivity (Wildman–Crippen MR) is 54.9 cm³/mol. The third-order valence-electron chi connectivity index (χ3n) is 2.79. The van der Waals surface area contributed by atoms with Gasteiger partial charge in [-0.3, -0.25) is 0 Å². The van der Waals surface area contributed by atoms with Crippen molar-refractivity contribution in [1.29, 1.82) is 0 Å². The van der Waals surface area contributed by atoms with E-state index in [9.17, 15) is 4.79 Å². The number of carbonyl (C=O) groups is 1. The zero-order valence-electron chi connectivity index (χ0n) is 9.17. The minimum absolute atomic E-state index is 0.0319. The molecule has 0 aromatic rings. The van der Waals surface area contributed by atoms with Gasteiger partial charge in [0.1, 0.15) is 17.5 Å². The molecule has 1 saturated heterocycles. The van der Waals surface area contributed by atoms with Gasteiger partial charge in [0.25, 0.3) is 0 Å². The Morgan fingerprint density at radius 3 is 3.06 bits per heavy atom. The molecule has 3 atom stereocenters. The molecule has 0 amide bonds. The molecule has 5 nitrogen and oxygen atoms in total. The molecule has 0 spiro atoms. The molecule has 0 bridgehead atoms. The van der Waals surface area contributed by atoms with Gasteiger partial charge in [0.2, 0.25) is 0 Å². The molecule has 1 aliphatic heterocycles. The molecule has 0 aromatic carbocycles. The lowest BCUT2D eigenvalue weighted by molar-refractivity contribution is -0.217. The minimum Gasteiger partial charge on any atom is -0.498 e. The van der Waals surface area contributed by atoms with E-state index in [0.717, 1.165) is 0 Å². The van der Waals surface area contributed by atoms with E-state index >= 15 is 0 Å². The van der Waals surface area contributed by atoms with Gasteiger partial charge in [-0.25, -0.2) is 4.79 Å². The first-order valence-electron chi connectivity index (χ1n) is 5.02. The number of allylic oxidation sites excluding steroid dienone is 2. The highest BCUT2D eigenvalue weighted by Crippen LogP contribution is 2.34. The zero-order valence-corrected chi connectivity index (χ0v) is 9.17. The topological polar surface area (TPSA) is 65.0 Å². The van der Waals surface area contributed by atoms with Crippen molar-refractivity contribution >= 4 is 5.97 Å². The smallest absolute Gasteiger partial charge is 0.335 e. The summed E-state index contributed by atoms with van der Waals surface area (Å²) in [6.07, 6.45) is 4.05. The number of rotatable bonds is 2. The summed E-state index contributed by atoms with van der Waals surface area (Å²) in [5.41, 5.74) is -0.776. The van der Waals surface area contributed by atoms with Crippen LogP contribution in [0.1, 0.15) is 6.92 Å². The number of hydrogen-bond acceptors (Lipinski definition) is 4. The molecule has 5 heteroatoms. The Kier molecular flexibility index (Phi) is 2.73. The number of hydrogen-bond donors (Lipinski definition) is 1. The number of methoxy groups -OCH3 is 1. The lowest BCUT2D eigenvalue weighted by Crippen LogP contribution is -2.55. The Balaban J connectivity index is 2.22. The molecule has 16 heavy (non-hydrogen) atoms. The van der Waals surface area contributed by atoms with E-state index in [1.54, 1.807) is 32.3 Å². The SMILES string of the molecule is COC1=CC=CC2(C)OC(C(=O)O)COC12. The number of carboxylic acid groups (broad SMARTS) is 1. The first-order chi connectivity index (χ1) is 7.57. The van der Waals surface area contributed by atoms with Crippen molar-refractivity contribution in [2.75, 3.05) is 13.7 Å². The number of aliphatic carboxylic acids is 1. The summed E-state index contributed by atoms with van der Waals surface area (Å²) in [4.78, 5) is 10.8. The van der Waals surface area contributed by atoms with E-state index in [2.05, 4.69) is 0 Å². The molecule has 88 valence electrons. The zero-order chi connectivity index (χ0) is 11.8. The van der Waals surface area contributed by atoms with Gasteiger partial charge in [0.15, 0.2) is 6.10 Å². The van der Waals surface area contributed by atoms with Crippen LogP contribution in [-0.4, -0.2) is 42.6 Å². The second-order valence-electron chi connectivity index (χ2n) is 3.97. The van der Waals surface area contributed by atoms with Crippen LogP contribution in [0.15, 0.2) is 24.0 Å². The van der Waals surface area contributed by atoms with Crippen molar-refractivity contribution in [2.45, 2.75) is 24.7 Å². The predicted octanol–water partition coefficient (Wildman–Crippen LogP) is 0.714. The average Bonchev–Trinajstić information content (AvgIpc) is 2.26. The molecule has 0 radical (unpaired) electrons. The lowest BCUT2D eigenvalue weighted by atomic mass is 9.91. The Bertz CT molecular complexity index is 359. The number of fused-ring (bicyclic) bond motifs is 1. The maximum atomic E-state index is 10.8. The quantitative estimate of drug-likeness (QED) is 0.751. The highest BCUT2D eigenvalue weighted by Gasteiger charge is 2.46. The molecule has 1 N–H and O–H groups in total. The van der Waals surface area contributed by atoms with Gasteiger partial charge in [-0.05, 0) is 19.1 Å². The number of carboxylic acids is 1. The maximum Gasteiger partial charge on any atom is 0.335 e. The maximum absolute atomic E-state index is 10.8. The third kappa shape index (κ3) is 1.72. The summed E-state index contributed by atoms with van der Waals surface area (Å²) >= 11 is 0. The lowest BCUT2D eigenvalue weighted by Gasteiger charge is -2.43. The standard InChI is InChI=1S/C11H14O5/c1-11-5-3-4-7(14-2)9(11)15-6-8(16-11)10(12)13/h3-5,8-9H,6H2,1-2H3,(H,12,13). The van der Waals surface area contributed by atoms with Crippen molar-refractivity contribution in [3.05, 3.63) is 24.0 Å². The fourth-order valence-corrected chi connectivity index (χ4v) is 1.96. The van der Waals surface area contributed by atoms with Crippen molar-refractivity contribution in [3.63, 3.8) is 0 Å². The van der Waals surface area contributed by atoms with Crippen LogP contribution in [0.3, 0.4) is 0 Å². The summed E-state index contributed by atoms with van der Waals surface area (Å²) < 4.78 is 16.2. The van der Waals surface area contributed by atoms with Gasteiger partial charge in [-0.15, -0.1) is 0 Å². The second kappa shape index (κ2) is 3.92. The van der Waals surface area contributed by atoms with Crippen molar-refractivity contribution in [2.24, 2.45) is 0 Å². The summed E-state index contributed by atoms with van der Waals surface area (Å²) in [5.74, 6) is -0.365. The van der Waals surface area contributed by atoms with Gasteiger partial charge >= 0.3 is 5.97 Å². The van der Waals surface area contributed by atoms with Crippen LogP contribution < -0.4 is 0 Å². The first-order valence-corrected chi connectivity index (χ1v) is 5.02. The van der Waals surface area contributed by atoms with Crippen LogP contribution in [0.4, 0.5) is 0 Å². The molecular weight excluding hydrogens is 212 g/mol. The second-order valence-corrected chi connectivity index (χ2v) is 3.97. The Morgan fingerprint density at radius 2 is 2.44 bits per heavy atom. The van der Waals surface area contributed by atoms with E-state index in [1.807, 2.05) is 0 Å². The van der Waals surface area contributed by atoms with E-state index < -0.39 is 17.7 Å². The summed E-state index contributed by atoms with van der Waals surface area (Å²) in [5, 5.41) is 8.89. The van der Waals surface area contributed by atoms with Crippen molar-refractivity contribution in [3.8, 4) is 0 Å². The van der Waals surface area contributed by atoms with Gasteiger partial charge < -0.3 is 19.3 Å². The van der Waals surface area contributed by atoms with Gasteiger partial charge in [0, 0.05) is 0 Å². The third-order valence-corrected chi connectivity index (χ3v) is 2.79. The Morgan fingerprint density at radius 1 is 1.69 bits per heavy atom. The van der Waals surface area contributed by atoms with Gasteiger partial charge in [-0.1, -0.05) is 6.08 Å². The summed E-state index contributed by atoms with van der Waals surface area (Å²) in [7, 11) is 1.55. The fraction of sp³-hybridized carbons (Fsp3) is 0.545. The molecule has 0 saturated carbocycles. The molecule has 0 aromatic heterocycles. The van der Waals surface area contributed by atoms with E-state index in [0.29, 0.717) is 5.76 Å². The molecule has 2 rings (SSSR count). The highest BCUT2D eigenvalue weighted by atomic mass is 16.6. The van der Waals surface area contributed by atoms with Crippen molar-refractivity contribution in [1.82, 2.24) is 0 Å². The fourth-order valence-electron chi connectivity index (χ4n) is 1.96. The minimum atomic E-state index is -1.01. The highest BCUT2D eigenvalue weighted by molar-refractivity contribution is 5.72. The first kappa shape index (κ1) is 11.2. The van der Waals surface area contributed by atoms with Crippen LogP contribution in [-0.2, 0) is 19.0 Å². The van der Waals surface area contributed by atoms with Gasteiger partial charge in [-0.2, -0.15) is 0 Å². The van der Waals surface area contributed by atoms with Crippen molar-refractivity contribution < 1.29 is 24.1 Å². The average molecular weight is 226 g/mol. The van der Waals surface area contributed by atoms with Crippen LogP contribution in [0.2, 0.25) is 0 Å². The van der Waals surface area contributed by atoms with E-state index in [-0.39, 0.29) is 12.7 Å². The largest absolute Gasteiger partial charge is 0.498 e. The van der Waals surface area contributed by atoms with E-state index in [1.165, 1.54) is 0 Å². The Hall–Kier alpha value is -1.33.